The average molecular weight is 294 g/mol. The Labute approximate surface area is 126 Å². The molecule has 5 nitrogen and oxygen atoms in total. The summed E-state index contributed by atoms with van der Waals surface area (Å²) in [6.07, 6.45) is -0.421. The number of alkyl carbamates (subject to hydrolysis) is 1. The Kier molecular flexibility index (Phi) is 6.03. The largest absolute Gasteiger partial charge is 0.508 e. The van der Waals surface area contributed by atoms with E-state index < -0.39 is 11.7 Å². The van der Waals surface area contributed by atoms with Crippen LogP contribution in [0.15, 0.2) is 18.2 Å². The fraction of sp³-hybridized carbons (Fsp3) is 0.562. The number of carbonyl (C=O) groups excluding carboxylic acids is 1. The lowest BCUT2D eigenvalue weighted by Crippen LogP contribution is -2.36. The Bertz CT molecular complexity index is 481. The highest BCUT2D eigenvalue weighted by Crippen LogP contribution is 2.24. The number of hydrogen-bond donors (Lipinski definition) is 3. The number of aryl methyl sites for hydroxylation is 1. The maximum atomic E-state index is 11.5. The molecule has 0 heterocycles. The molecule has 1 rings (SSSR count). The first-order valence-electron chi connectivity index (χ1n) is 7.19. The molecule has 0 saturated carbocycles. The number of carbonyl (C=O) groups is 1. The van der Waals surface area contributed by atoms with Gasteiger partial charge < -0.3 is 20.5 Å². The molecule has 5 heteroatoms. The number of ether oxygens (including phenoxy) is 1. The second-order valence-electron chi connectivity index (χ2n) is 6.17. The Morgan fingerprint density at radius 3 is 2.62 bits per heavy atom. The smallest absolute Gasteiger partial charge is 0.407 e. The van der Waals surface area contributed by atoms with Crippen molar-refractivity contribution in [3.8, 4) is 5.75 Å². The van der Waals surface area contributed by atoms with Gasteiger partial charge in [-0.3, -0.25) is 0 Å². The molecule has 1 atom stereocenters. The number of rotatable bonds is 5. The van der Waals surface area contributed by atoms with Gasteiger partial charge in [-0.05, 0) is 40.7 Å². The number of phenolic OH excluding ortho intramolecular Hbond substituents is 1. The summed E-state index contributed by atoms with van der Waals surface area (Å²) in [5, 5.41) is 15.8. The van der Waals surface area contributed by atoms with Gasteiger partial charge in [0.25, 0.3) is 0 Å². The van der Waals surface area contributed by atoms with Crippen LogP contribution in [0.4, 0.5) is 4.79 Å². The lowest BCUT2D eigenvalue weighted by atomic mass is 10.0. The van der Waals surface area contributed by atoms with Crippen molar-refractivity contribution < 1.29 is 14.6 Å². The van der Waals surface area contributed by atoms with Crippen molar-refractivity contribution >= 4 is 6.09 Å². The molecule has 0 aliphatic rings. The van der Waals surface area contributed by atoms with Crippen LogP contribution in [-0.4, -0.2) is 29.9 Å². The van der Waals surface area contributed by atoms with Crippen molar-refractivity contribution in [2.45, 2.75) is 46.3 Å². The first kappa shape index (κ1) is 17.3. The summed E-state index contributed by atoms with van der Waals surface area (Å²) in [5.74, 6) is 0.278. The molecule has 0 fully saturated rings. The van der Waals surface area contributed by atoms with Gasteiger partial charge in [-0.1, -0.05) is 17.7 Å². The van der Waals surface area contributed by atoms with Gasteiger partial charge in [0, 0.05) is 24.7 Å². The molecule has 1 aromatic rings. The third-order valence-electron chi connectivity index (χ3n) is 2.89. The highest BCUT2D eigenvalue weighted by Gasteiger charge is 2.15. The third-order valence-corrected chi connectivity index (χ3v) is 2.89. The van der Waals surface area contributed by atoms with E-state index >= 15 is 0 Å². The maximum absolute atomic E-state index is 11.5. The molecular formula is C16H26N2O3. The van der Waals surface area contributed by atoms with Crippen LogP contribution in [0.1, 0.15) is 44.9 Å². The van der Waals surface area contributed by atoms with Crippen molar-refractivity contribution in [3.05, 3.63) is 29.3 Å². The van der Waals surface area contributed by atoms with Gasteiger partial charge in [-0.15, -0.1) is 0 Å². The zero-order chi connectivity index (χ0) is 16.0. The Morgan fingerprint density at radius 1 is 1.33 bits per heavy atom. The van der Waals surface area contributed by atoms with Gasteiger partial charge in [-0.2, -0.15) is 0 Å². The molecule has 1 amide bonds. The number of amides is 1. The van der Waals surface area contributed by atoms with Crippen LogP contribution in [0.2, 0.25) is 0 Å². The van der Waals surface area contributed by atoms with E-state index in [-0.39, 0.29) is 11.8 Å². The van der Waals surface area contributed by atoms with Crippen molar-refractivity contribution in [1.29, 1.82) is 0 Å². The fourth-order valence-corrected chi connectivity index (χ4v) is 1.90. The van der Waals surface area contributed by atoms with Gasteiger partial charge >= 0.3 is 6.09 Å². The zero-order valence-corrected chi connectivity index (χ0v) is 13.5. The van der Waals surface area contributed by atoms with E-state index in [1.165, 1.54) is 0 Å². The molecule has 0 spiro atoms. The highest BCUT2D eigenvalue weighted by molar-refractivity contribution is 5.67. The highest BCUT2D eigenvalue weighted by atomic mass is 16.6. The Hall–Kier alpha value is -1.75. The van der Waals surface area contributed by atoms with E-state index in [4.69, 9.17) is 4.74 Å². The molecule has 0 aromatic heterocycles. The number of nitrogens with one attached hydrogen (secondary N) is 2. The number of benzene rings is 1. The Balaban J connectivity index is 2.36. The maximum Gasteiger partial charge on any atom is 0.407 e. The molecule has 118 valence electrons. The summed E-state index contributed by atoms with van der Waals surface area (Å²) in [7, 11) is 0. The monoisotopic (exact) mass is 294 g/mol. The number of aromatic hydroxyl groups is 1. The van der Waals surface area contributed by atoms with Gasteiger partial charge in [-0.25, -0.2) is 4.79 Å². The second-order valence-corrected chi connectivity index (χ2v) is 6.17. The van der Waals surface area contributed by atoms with Crippen LogP contribution >= 0.6 is 0 Å². The minimum atomic E-state index is -0.488. The Morgan fingerprint density at radius 2 is 2.00 bits per heavy atom. The van der Waals surface area contributed by atoms with Crippen molar-refractivity contribution in [2.75, 3.05) is 13.1 Å². The average Bonchev–Trinajstić information content (AvgIpc) is 2.35. The summed E-state index contributed by atoms with van der Waals surface area (Å²) in [4.78, 5) is 11.5. The molecule has 21 heavy (non-hydrogen) atoms. The second kappa shape index (κ2) is 7.31. The number of phenols is 1. The van der Waals surface area contributed by atoms with Crippen LogP contribution in [0.3, 0.4) is 0 Å². The quantitative estimate of drug-likeness (QED) is 0.730. The molecule has 0 aliphatic heterocycles. The molecule has 0 radical (unpaired) electrons. The predicted octanol–water partition coefficient (Wildman–Crippen LogP) is 2.88. The zero-order valence-electron chi connectivity index (χ0n) is 13.5. The van der Waals surface area contributed by atoms with Gasteiger partial charge in [0.1, 0.15) is 11.4 Å². The van der Waals surface area contributed by atoms with Crippen molar-refractivity contribution in [2.24, 2.45) is 0 Å². The van der Waals surface area contributed by atoms with E-state index in [2.05, 4.69) is 10.6 Å². The SMILES string of the molecule is Cc1ccc(O)c(C(C)NCCNC(=O)OC(C)(C)C)c1. The lowest BCUT2D eigenvalue weighted by Gasteiger charge is -2.20. The van der Waals surface area contributed by atoms with Gasteiger partial charge in [0.05, 0.1) is 0 Å². The van der Waals surface area contributed by atoms with Crippen LogP contribution < -0.4 is 10.6 Å². The van der Waals surface area contributed by atoms with E-state index in [1.54, 1.807) is 6.07 Å². The van der Waals surface area contributed by atoms with E-state index in [1.807, 2.05) is 46.8 Å². The minimum Gasteiger partial charge on any atom is -0.508 e. The third kappa shape index (κ3) is 6.49. The first-order chi connectivity index (χ1) is 9.69. The van der Waals surface area contributed by atoms with Crippen LogP contribution in [0.5, 0.6) is 5.75 Å². The molecule has 0 saturated heterocycles. The number of hydrogen-bond acceptors (Lipinski definition) is 4. The van der Waals surface area contributed by atoms with Gasteiger partial charge in [0.15, 0.2) is 0 Å². The molecule has 3 N–H and O–H groups in total. The van der Waals surface area contributed by atoms with Crippen LogP contribution in [0, 0.1) is 6.92 Å². The summed E-state index contributed by atoms with van der Waals surface area (Å²) >= 11 is 0. The molecule has 0 aliphatic carbocycles. The van der Waals surface area contributed by atoms with E-state index in [0.29, 0.717) is 13.1 Å². The first-order valence-corrected chi connectivity index (χ1v) is 7.19. The van der Waals surface area contributed by atoms with Crippen molar-refractivity contribution in [1.82, 2.24) is 10.6 Å². The lowest BCUT2D eigenvalue weighted by molar-refractivity contribution is 0.0528. The van der Waals surface area contributed by atoms with E-state index in [9.17, 15) is 9.90 Å². The topological polar surface area (TPSA) is 70.6 Å². The molecule has 1 unspecified atom stereocenters. The summed E-state index contributed by atoms with van der Waals surface area (Å²) in [6, 6.07) is 5.52. The van der Waals surface area contributed by atoms with Crippen LogP contribution in [-0.2, 0) is 4.74 Å². The van der Waals surface area contributed by atoms with E-state index in [0.717, 1.165) is 11.1 Å². The summed E-state index contributed by atoms with van der Waals surface area (Å²) < 4.78 is 5.15. The summed E-state index contributed by atoms with van der Waals surface area (Å²) in [6.45, 7) is 10.5. The normalized spacial score (nSPS) is 12.8. The van der Waals surface area contributed by atoms with Crippen LogP contribution in [0.25, 0.3) is 0 Å². The van der Waals surface area contributed by atoms with Gasteiger partial charge in [0.2, 0.25) is 0 Å². The standard InChI is InChI=1S/C16H26N2O3/c1-11-6-7-14(19)13(10-11)12(2)17-8-9-18-15(20)21-16(3,4)5/h6-7,10,12,17,19H,8-9H2,1-5H3,(H,18,20). The summed E-state index contributed by atoms with van der Waals surface area (Å²) in [5.41, 5.74) is 1.47. The molecule has 1 aromatic carbocycles. The minimum absolute atomic E-state index is 0.00494. The molecular weight excluding hydrogens is 268 g/mol. The molecule has 0 bridgehead atoms. The predicted molar refractivity (Wildman–Crippen MR) is 83.5 cm³/mol. The van der Waals surface area contributed by atoms with Crippen molar-refractivity contribution in [3.63, 3.8) is 0 Å². The fourth-order valence-electron chi connectivity index (χ4n) is 1.90.